The third-order valence-corrected chi connectivity index (χ3v) is 5.46. The summed E-state index contributed by atoms with van der Waals surface area (Å²) in [5, 5.41) is 30.8. The lowest BCUT2D eigenvalue weighted by Gasteiger charge is -2.39. The molecule has 0 rings (SSSR count). The Morgan fingerprint density at radius 2 is 1.52 bits per heavy atom. The van der Waals surface area contributed by atoms with Crippen LogP contribution in [0.5, 0.6) is 0 Å². The minimum Gasteiger partial charge on any atom is -0.481 e. The number of carbonyl (C=O) groups is 3. The Labute approximate surface area is 174 Å². The molecular weight excluding hydrogens is 376 g/mol. The Balaban J connectivity index is 4.91. The Kier molecular flexibility index (Phi) is 14.0. The Morgan fingerprint density at radius 3 is 1.97 bits per heavy atom. The van der Waals surface area contributed by atoms with Gasteiger partial charge in [-0.25, -0.2) is 0 Å². The largest absolute Gasteiger partial charge is 0.481 e. The fraction of sp³-hybridized carbons (Fsp3) is 0.762. The molecule has 1 amide bonds. The van der Waals surface area contributed by atoms with Crippen LogP contribution in [0.4, 0.5) is 0 Å². The van der Waals surface area contributed by atoms with Gasteiger partial charge in [-0.3, -0.25) is 14.4 Å². The van der Waals surface area contributed by atoms with Crippen molar-refractivity contribution in [3.63, 3.8) is 0 Å². The van der Waals surface area contributed by atoms with E-state index < -0.39 is 23.8 Å². The van der Waals surface area contributed by atoms with Crippen LogP contribution in [0, 0.1) is 11.8 Å². The number of carboxylic acids is 2. The summed E-state index contributed by atoms with van der Waals surface area (Å²) in [6, 6.07) is 0. The standard InChI is InChI=1S/C21H38N2O6/c1-4-5-6-7-8-19(25)22-11-14-23(15-16-24,12-9-17(2)20(26)27)13-10-18(3)21(28)29/h4,17-18,24H,1,5-16H2,2-3H3,(H2-,22,25,26,27,28,29)/p+1. The van der Waals surface area contributed by atoms with Gasteiger partial charge in [0.25, 0.3) is 0 Å². The summed E-state index contributed by atoms with van der Waals surface area (Å²) in [5.41, 5.74) is 0. The summed E-state index contributed by atoms with van der Waals surface area (Å²) >= 11 is 0. The number of aliphatic carboxylic acids is 2. The number of carboxylic acid groups (broad SMARTS) is 2. The lowest BCUT2D eigenvalue weighted by Crippen LogP contribution is -2.55. The molecule has 0 radical (unpaired) electrons. The molecule has 0 aromatic heterocycles. The smallest absolute Gasteiger partial charge is 0.306 e. The number of nitrogens with one attached hydrogen (secondary N) is 1. The average molecular weight is 416 g/mol. The summed E-state index contributed by atoms with van der Waals surface area (Å²) in [6.07, 6.45) is 5.71. The van der Waals surface area contributed by atoms with E-state index in [0.717, 1.165) is 19.3 Å². The maximum atomic E-state index is 12.0. The Bertz CT molecular complexity index is 499. The fourth-order valence-corrected chi connectivity index (χ4v) is 3.16. The predicted octanol–water partition coefficient (Wildman–Crippen LogP) is 1.88. The van der Waals surface area contributed by atoms with Gasteiger partial charge in [-0.1, -0.05) is 19.9 Å². The van der Waals surface area contributed by atoms with Gasteiger partial charge < -0.3 is 25.1 Å². The van der Waals surface area contributed by atoms with Gasteiger partial charge in [0.05, 0.1) is 44.6 Å². The molecule has 4 N–H and O–H groups in total. The second-order valence-corrected chi connectivity index (χ2v) is 7.90. The van der Waals surface area contributed by atoms with E-state index in [-0.39, 0.29) is 12.5 Å². The zero-order chi connectivity index (χ0) is 22.3. The van der Waals surface area contributed by atoms with Crippen LogP contribution in [0.1, 0.15) is 52.4 Å². The van der Waals surface area contributed by atoms with Crippen molar-refractivity contribution in [1.29, 1.82) is 0 Å². The molecule has 0 heterocycles. The molecule has 0 aliphatic heterocycles. The van der Waals surface area contributed by atoms with Crippen molar-refractivity contribution in [3.8, 4) is 0 Å². The lowest BCUT2D eigenvalue weighted by atomic mass is 10.0. The quantitative estimate of drug-likeness (QED) is 0.154. The van der Waals surface area contributed by atoms with Crippen LogP contribution in [0.2, 0.25) is 0 Å². The van der Waals surface area contributed by atoms with Crippen LogP contribution < -0.4 is 5.32 Å². The van der Waals surface area contributed by atoms with Gasteiger partial charge >= 0.3 is 11.9 Å². The van der Waals surface area contributed by atoms with Crippen LogP contribution in [0.3, 0.4) is 0 Å². The van der Waals surface area contributed by atoms with Crippen LogP contribution in [0.25, 0.3) is 0 Å². The zero-order valence-electron chi connectivity index (χ0n) is 17.9. The van der Waals surface area contributed by atoms with E-state index in [1.165, 1.54) is 0 Å². The van der Waals surface area contributed by atoms with Gasteiger partial charge in [0, 0.05) is 19.3 Å². The maximum absolute atomic E-state index is 12.0. The first-order valence-corrected chi connectivity index (χ1v) is 10.5. The molecule has 8 nitrogen and oxygen atoms in total. The Hall–Kier alpha value is -1.93. The van der Waals surface area contributed by atoms with Crippen molar-refractivity contribution < 1.29 is 34.2 Å². The maximum Gasteiger partial charge on any atom is 0.306 e. The summed E-state index contributed by atoms with van der Waals surface area (Å²) in [6.45, 7) is 9.20. The van der Waals surface area contributed by atoms with Gasteiger partial charge in [0.1, 0.15) is 6.54 Å². The van der Waals surface area contributed by atoms with Crippen LogP contribution >= 0.6 is 0 Å². The van der Waals surface area contributed by atoms with Crippen LogP contribution in [-0.4, -0.2) is 77.0 Å². The number of unbranched alkanes of at least 4 members (excludes halogenated alkanes) is 2. The highest BCUT2D eigenvalue weighted by Gasteiger charge is 2.30. The molecule has 168 valence electrons. The monoisotopic (exact) mass is 415 g/mol. The molecule has 0 aromatic rings. The summed E-state index contributed by atoms with van der Waals surface area (Å²) in [4.78, 5) is 34.4. The molecule has 0 fully saturated rings. The summed E-state index contributed by atoms with van der Waals surface area (Å²) < 4.78 is 0.391. The first kappa shape index (κ1) is 27.1. The van der Waals surface area contributed by atoms with E-state index in [9.17, 15) is 29.7 Å². The summed E-state index contributed by atoms with van der Waals surface area (Å²) in [7, 11) is 0. The van der Waals surface area contributed by atoms with Crippen molar-refractivity contribution in [2.45, 2.75) is 52.4 Å². The number of nitrogens with zero attached hydrogens (tertiary/aromatic N) is 1. The number of quaternary nitrogens is 1. The van der Waals surface area contributed by atoms with Crippen LogP contribution in [-0.2, 0) is 14.4 Å². The van der Waals surface area contributed by atoms with Crippen molar-refractivity contribution in [2.24, 2.45) is 11.8 Å². The van der Waals surface area contributed by atoms with Crippen molar-refractivity contribution in [1.82, 2.24) is 5.32 Å². The molecule has 8 heteroatoms. The van der Waals surface area contributed by atoms with Gasteiger partial charge in [0.15, 0.2) is 0 Å². The number of rotatable bonds is 18. The highest BCUT2D eigenvalue weighted by Crippen LogP contribution is 2.16. The molecule has 0 saturated heterocycles. The minimum atomic E-state index is -0.876. The van der Waals surface area contributed by atoms with Gasteiger partial charge in [-0.05, 0) is 19.3 Å². The lowest BCUT2D eigenvalue weighted by molar-refractivity contribution is -0.928. The van der Waals surface area contributed by atoms with Crippen molar-refractivity contribution in [3.05, 3.63) is 12.7 Å². The van der Waals surface area contributed by atoms with Crippen molar-refractivity contribution in [2.75, 3.05) is 39.3 Å². The number of amides is 1. The van der Waals surface area contributed by atoms with Gasteiger partial charge in [-0.15, -0.1) is 6.58 Å². The number of aliphatic hydroxyl groups excluding tert-OH is 1. The fourth-order valence-electron chi connectivity index (χ4n) is 3.16. The zero-order valence-corrected chi connectivity index (χ0v) is 17.9. The first-order valence-electron chi connectivity index (χ1n) is 10.5. The highest BCUT2D eigenvalue weighted by molar-refractivity contribution is 5.75. The summed E-state index contributed by atoms with van der Waals surface area (Å²) in [5.74, 6) is -2.84. The second kappa shape index (κ2) is 15.0. The van der Waals surface area contributed by atoms with E-state index in [1.54, 1.807) is 13.8 Å². The molecule has 0 spiro atoms. The number of hydrogen-bond donors (Lipinski definition) is 4. The molecule has 2 unspecified atom stereocenters. The third-order valence-electron chi connectivity index (χ3n) is 5.46. The average Bonchev–Trinajstić information content (AvgIpc) is 2.67. The normalized spacial score (nSPS) is 15.1. The number of allylic oxidation sites excluding steroid dienone is 1. The van der Waals surface area contributed by atoms with E-state index in [1.807, 2.05) is 6.08 Å². The van der Waals surface area contributed by atoms with Crippen molar-refractivity contribution >= 4 is 17.8 Å². The van der Waals surface area contributed by atoms with E-state index >= 15 is 0 Å². The minimum absolute atomic E-state index is 0.0334. The number of aliphatic hydroxyl groups is 1. The van der Waals surface area contributed by atoms with E-state index in [4.69, 9.17) is 0 Å². The molecule has 0 aliphatic carbocycles. The molecule has 0 aliphatic rings. The second-order valence-electron chi connectivity index (χ2n) is 7.90. The number of hydrogen-bond acceptors (Lipinski definition) is 4. The van der Waals surface area contributed by atoms with E-state index in [0.29, 0.717) is 56.5 Å². The Morgan fingerprint density at radius 1 is 0.966 bits per heavy atom. The van der Waals surface area contributed by atoms with Crippen LogP contribution in [0.15, 0.2) is 12.7 Å². The topological polar surface area (TPSA) is 124 Å². The molecule has 0 aromatic carbocycles. The first-order chi connectivity index (χ1) is 13.7. The molecule has 0 bridgehead atoms. The third kappa shape index (κ3) is 12.3. The molecule has 29 heavy (non-hydrogen) atoms. The van der Waals surface area contributed by atoms with Gasteiger partial charge in [0.2, 0.25) is 5.91 Å². The SMILES string of the molecule is C=CCCCCC(=O)NCC[N+](CCO)(CCC(C)C(=O)O)CCC(C)C(=O)O. The highest BCUT2D eigenvalue weighted by atomic mass is 16.4. The van der Waals surface area contributed by atoms with E-state index in [2.05, 4.69) is 11.9 Å². The van der Waals surface area contributed by atoms with Gasteiger partial charge in [-0.2, -0.15) is 0 Å². The predicted molar refractivity (Wildman–Crippen MR) is 111 cm³/mol. The molecular formula is C21H39N2O6+. The number of carbonyl (C=O) groups excluding carboxylic acids is 1. The molecule has 2 atom stereocenters. The molecule has 0 saturated carbocycles.